The third kappa shape index (κ3) is 4.69. The molecule has 1 aromatic rings. The first kappa shape index (κ1) is 15.1. The molecule has 20 heavy (non-hydrogen) atoms. The molecule has 0 aromatic heterocycles. The van der Waals surface area contributed by atoms with Crippen LogP contribution in [0.25, 0.3) is 0 Å². The zero-order valence-electron chi connectivity index (χ0n) is 11.9. The van der Waals surface area contributed by atoms with Crippen molar-refractivity contribution in [3.8, 4) is 0 Å². The van der Waals surface area contributed by atoms with Gasteiger partial charge in [-0.3, -0.25) is 0 Å². The number of rotatable bonds is 5. The van der Waals surface area contributed by atoms with E-state index in [9.17, 15) is 0 Å². The summed E-state index contributed by atoms with van der Waals surface area (Å²) in [6.45, 7) is 5.13. The summed E-state index contributed by atoms with van der Waals surface area (Å²) in [6.07, 6.45) is 2.58. The predicted octanol–water partition coefficient (Wildman–Crippen LogP) is 2.57. The molecular weight excluding hydrogens is 274 g/mol. The van der Waals surface area contributed by atoms with Gasteiger partial charge in [-0.05, 0) is 31.4 Å². The van der Waals surface area contributed by atoms with Crippen molar-refractivity contribution in [3.05, 3.63) is 34.9 Å². The van der Waals surface area contributed by atoms with E-state index in [2.05, 4.69) is 22.5 Å². The summed E-state index contributed by atoms with van der Waals surface area (Å²) in [5, 5.41) is 7.32. The van der Waals surface area contributed by atoms with Crippen LogP contribution in [0, 0.1) is 0 Å². The van der Waals surface area contributed by atoms with Crippen molar-refractivity contribution in [2.75, 3.05) is 19.7 Å². The summed E-state index contributed by atoms with van der Waals surface area (Å²) in [7, 11) is 0. The van der Waals surface area contributed by atoms with Gasteiger partial charge in [0.15, 0.2) is 5.96 Å². The second-order valence-corrected chi connectivity index (χ2v) is 5.21. The van der Waals surface area contributed by atoms with E-state index in [-0.39, 0.29) is 0 Å². The van der Waals surface area contributed by atoms with E-state index >= 15 is 0 Å². The SMILES string of the molecule is CCNC(=NCc1ccccc1Cl)NCC1CCCO1. The minimum absolute atomic E-state index is 0.305. The third-order valence-electron chi connectivity index (χ3n) is 3.23. The number of aliphatic imine (C=N–C) groups is 1. The Morgan fingerprint density at radius 1 is 1.40 bits per heavy atom. The Bertz CT molecular complexity index is 444. The fraction of sp³-hybridized carbons (Fsp3) is 0.533. The fourth-order valence-corrected chi connectivity index (χ4v) is 2.34. The summed E-state index contributed by atoms with van der Waals surface area (Å²) in [5.41, 5.74) is 1.03. The van der Waals surface area contributed by atoms with Crippen LogP contribution in [0.1, 0.15) is 25.3 Å². The van der Waals surface area contributed by atoms with Crippen molar-refractivity contribution in [1.29, 1.82) is 0 Å². The molecule has 5 heteroatoms. The zero-order valence-corrected chi connectivity index (χ0v) is 12.6. The molecule has 1 aromatic carbocycles. The van der Waals surface area contributed by atoms with E-state index in [1.165, 1.54) is 0 Å². The molecule has 110 valence electrons. The minimum Gasteiger partial charge on any atom is -0.376 e. The maximum absolute atomic E-state index is 6.14. The number of hydrogen-bond donors (Lipinski definition) is 2. The molecule has 1 atom stereocenters. The topological polar surface area (TPSA) is 45.7 Å². The molecule has 0 amide bonds. The number of nitrogens with one attached hydrogen (secondary N) is 2. The van der Waals surface area contributed by atoms with Gasteiger partial charge in [-0.15, -0.1) is 0 Å². The Kier molecular flexibility index (Phi) is 6.15. The van der Waals surface area contributed by atoms with E-state index in [0.29, 0.717) is 12.6 Å². The van der Waals surface area contributed by atoms with Crippen molar-refractivity contribution in [3.63, 3.8) is 0 Å². The van der Waals surface area contributed by atoms with E-state index in [1.54, 1.807) is 0 Å². The standard InChI is InChI=1S/C15H22ClN3O/c1-2-17-15(19-11-13-7-5-9-20-13)18-10-12-6-3-4-8-14(12)16/h3-4,6,8,13H,2,5,7,9-11H2,1H3,(H2,17,18,19). The lowest BCUT2D eigenvalue weighted by atomic mass is 10.2. The maximum atomic E-state index is 6.14. The summed E-state index contributed by atoms with van der Waals surface area (Å²) in [6, 6.07) is 7.79. The lowest BCUT2D eigenvalue weighted by Gasteiger charge is -2.14. The summed E-state index contributed by atoms with van der Waals surface area (Å²) >= 11 is 6.14. The summed E-state index contributed by atoms with van der Waals surface area (Å²) in [4.78, 5) is 4.56. The highest BCUT2D eigenvalue weighted by Crippen LogP contribution is 2.15. The van der Waals surface area contributed by atoms with E-state index in [0.717, 1.165) is 49.1 Å². The summed E-state index contributed by atoms with van der Waals surface area (Å²) in [5.74, 6) is 0.808. The van der Waals surface area contributed by atoms with Crippen molar-refractivity contribution in [2.24, 2.45) is 4.99 Å². The van der Waals surface area contributed by atoms with Crippen LogP contribution < -0.4 is 10.6 Å². The lowest BCUT2D eigenvalue weighted by molar-refractivity contribution is 0.114. The number of halogens is 1. The van der Waals surface area contributed by atoms with Gasteiger partial charge >= 0.3 is 0 Å². The average molecular weight is 296 g/mol. The molecule has 2 rings (SSSR count). The number of nitrogens with zero attached hydrogens (tertiary/aromatic N) is 1. The van der Waals surface area contributed by atoms with E-state index < -0.39 is 0 Å². The van der Waals surface area contributed by atoms with Crippen LogP contribution >= 0.6 is 11.6 Å². The molecule has 1 fully saturated rings. The number of hydrogen-bond acceptors (Lipinski definition) is 2. The molecule has 1 unspecified atom stereocenters. The largest absolute Gasteiger partial charge is 0.376 e. The second-order valence-electron chi connectivity index (χ2n) is 4.80. The molecule has 1 aliphatic rings. The average Bonchev–Trinajstić information content (AvgIpc) is 2.97. The van der Waals surface area contributed by atoms with Crippen LogP contribution in [0.2, 0.25) is 5.02 Å². The Labute approximate surface area is 125 Å². The van der Waals surface area contributed by atoms with Crippen molar-refractivity contribution >= 4 is 17.6 Å². The molecule has 0 saturated carbocycles. The highest BCUT2D eigenvalue weighted by atomic mass is 35.5. The van der Waals surface area contributed by atoms with Crippen molar-refractivity contribution in [1.82, 2.24) is 10.6 Å². The Balaban J connectivity index is 1.89. The highest BCUT2D eigenvalue weighted by molar-refractivity contribution is 6.31. The first-order valence-corrected chi connectivity index (χ1v) is 7.54. The van der Waals surface area contributed by atoms with Gasteiger partial charge in [0.25, 0.3) is 0 Å². The second kappa shape index (κ2) is 8.12. The van der Waals surface area contributed by atoms with Gasteiger partial charge in [0.05, 0.1) is 12.6 Å². The third-order valence-corrected chi connectivity index (χ3v) is 3.60. The minimum atomic E-state index is 0.305. The Morgan fingerprint density at radius 2 is 2.25 bits per heavy atom. The van der Waals surface area contributed by atoms with Crippen molar-refractivity contribution in [2.45, 2.75) is 32.4 Å². The molecule has 1 aliphatic heterocycles. The van der Waals surface area contributed by atoms with Crippen LogP contribution in [0.3, 0.4) is 0 Å². The zero-order chi connectivity index (χ0) is 14.2. The Morgan fingerprint density at radius 3 is 2.95 bits per heavy atom. The molecule has 1 heterocycles. The normalized spacial score (nSPS) is 19.1. The molecule has 0 spiro atoms. The predicted molar refractivity (Wildman–Crippen MR) is 83.2 cm³/mol. The molecule has 0 radical (unpaired) electrons. The van der Waals surface area contributed by atoms with Crippen LogP contribution in [-0.4, -0.2) is 31.8 Å². The molecule has 1 saturated heterocycles. The number of benzene rings is 1. The quantitative estimate of drug-likeness (QED) is 0.648. The van der Waals surface area contributed by atoms with Gasteiger partial charge in [-0.25, -0.2) is 4.99 Å². The molecule has 4 nitrogen and oxygen atoms in total. The number of guanidine groups is 1. The fourth-order valence-electron chi connectivity index (χ4n) is 2.15. The van der Waals surface area contributed by atoms with Gasteiger partial charge in [-0.1, -0.05) is 29.8 Å². The molecular formula is C15H22ClN3O. The maximum Gasteiger partial charge on any atom is 0.191 e. The molecule has 2 N–H and O–H groups in total. The molecule has 0 aliphatic carbocycles. The van der Waals surface area contributed by atoms with Crippen LogP contribution in [0.5, 0.6) is 0 Å². The van der Waals surface area contributed by atoms with Gasteiger partial charge in [0, 0.05) is 24.7 Å². The van der Waals surface area contributed by atoms with Crippen molar-refractivity contribution < 1.29 is 4.74 Å². The van der Waals surface area contributed by atoms with Gasteiger partial charge < -0.3 is 15.4 Å². The summed E-state index contributed by atoms with van der Waals surface area (Å²) < 4.78 is 5.60. The lowest BCUT2D eigenvalue weighted by Crippen LogP contribution is -2.41. The van der Waals surface area contributed by atoms with Gasteiger partial charge in [-0.2, -0.15) is 0 Å². The first-order chi connectivity index (χ1) is 9.79. The first-order valence-electron chi connectivity index (χ1n) is 7.16. The monoisotopic (exact) mass is 295 g/mol. The Hall–Kier alpha value is -1.26. The van der Waals surface area contributed by atoms with Gasteiger partial charge in [0.1, 0.15) is 0 Å². The molecule has 0 bridgehead atoms. The van der Waals surface area contributed by atoms with Crippen LogP contribution in [0.4, 0.5) is 0 Å². The van der Waals surface area contributed by atoms with Gasteiger partial charge in [0.2, 0.25) is 0 Å². The van der Waals surface area contributed by atoms with E-state index in [4.69, 9.17) is 16.3 Å². The smallest absolute Gasteiger partial charge is 0.191 e. The highest BCUT2D eigenvalue weighted by Gasteiger charge is 2.15. The van der Waals surface area contributed by atoms with Crippen LogP contribution in [0.15, 0.2) is 29.3 Å². The van der Waals surface area contributed by atoms with E-state index in [1.807, 2.05) is 24.3 Å². The van der Waals surface area contributed by atoms with Crippen LogP contribution in [-0.2, 0) is 11.3 Å². The number of ether oxygens (including phenoxy) is 1.